The lowest BCUT2D eigenvalue weighted by Gasteiger charge is -2.22. The van der Waals surface area contributed by atoms with E-state index in [9.17, 15) is 9.59 Å². The number of amides is 3. The quantitative estimate of drug-likeness (QED) is 0.800. The molecule has 2 aromatic carbocycles. The zero-order valence-electron chi connectivity index (χ0n) is 13.4. The fraction of sp³-hybridized carbons (Fsp3) is 0.222. The minimum Gasteiger partial charge on any atom is -0.454 e. The van der Waals surface area contributed by atoms with Crippen LogP contribution in [0, 0.1) is 0 Å². The minimum atomic E-state index is -1.09. The highest BCUT2D eigenvalue weighted by Crippen LogP contribution is 2.35. The van der Waals surface area contributed by atoms with Crippen molar-refractivity contribution in [2.24, 2.45) is 0 Å². The van der Waals surface area contributed by atoms with Gasteiger partial charge in [-0.2, -0.15) is 0 Å². The SMILES string of the molecule is C[C@@]1(c2cccc(Br)c2)NC(=O)N(Cc2ccc3c(c2)OCO3)C1=O. The molecule has 1 saturated heterocycles. The highest BCUT2D eigenvalue weighted by Gasteiger charge is 2.48. The van der Waals surface area contributed by atoms with E-state index in [2.05, 4.69) is 21.2 Å². The summed E-state index contributed by atoms with van der Waals surface area (Å²) in [6.45, 7) is 2.07. The zero-order valence-corrected chi connectivity index (χ0v) is 15.0. The molecule has 0 radical (unpaired) electrons. The molecule has 0 aromatic heterocycles. The van der Waals surface area contributed by atoms with Gasteiger partial charge < -0.3 is 14.8 Å². The van der Waals surface area contributed by atoms with Crippen LogP contribution >= 0.6 is 15.9 Å². The molecule has 1 fully saturated rings. The van der Waals surface area contributed by atoms with Crippen molar-refractivity contribution in [3.8, 4) is 11.5 Å². The Bertz CT molecular complexity index is 885. The number of carbonyl (C=O) groups excluding carboxylic acids is 2. The van der Waals surface area contributed by atoms with Gasteiger partial charge in [-0.05, 0) is 42.3 Å². The van der Waals surface area contributed by atoms with Gasteiger partial charge in [0.05, 0.1) is 6.54 Å². The van der Waals surface area contributed by atoms with Crippen LogP contribution < -0.4 is 14.8 Å². The number of ether oxygens (including phenoxy) is 2. The van der Waals surface area contributed by atoms with Crippen molar-refractivity contribution >= 4 is 27.9 Å². The monoisotopic (exact) mass is 402 g/mol. The fourth-order valence-electron chi connectivity index (χ4n) is 3.06. The third-order valence-electron chi connectivity index (χ3n) is 4.45. The van der Waals surface area contributed by atoms with Crippen molar-refractivity contribution in [3.05, 3.63) is 58.1 Å². The van der Waals surface area contributed by atoms with Crippen molar-refractivity contribution in [1.82, 2.24) is 10.2 Å². The van der Waals surface area contributed by atoms with Crippen molar-refractivity contribution in [1.29, 1.82) is 0 Å². The van der Waals surface area contributed by atoms with E-state index in [4.69, 9.17) is 9.47 Å². The van der Waals surface area contributed by atoms with E-state index in [-0.39, 0.29) is 19.2 Å². The van der Waals surface area contributed by atoms with Crippen molar-refractivity contribution < 1.29 is 19.1 Å². The number of hydrogen-bond acceptors (Lipinski definition) is 4. The summed E-state index contributed by atoms with van der Waals surface area (Å²) < 4.78 is 11.5. The van der Waals surface area contributed by atoms with Gasteiger partial charge in [0.25, 0.3) is 5.91 Å². The molecular weight excluding hydrogens is 388 g/mol. The minimum absolute atomic E-state index is 0.172. The molecule has 2 aliphatic rings. The number of nitrogens with one attached hydrogen (secondary N) is 1. The van der Waals surface area contributed by atoms with Gasteiger partial charge in [0.2, 0.25) is 6.79 Å². The predicted octanol–water partition coefficient (Wildman–Crippen LogP) is 3.15. The third kappa shape index (κ3) is 2.64. The molecule has 0 aliphatic carbocycles. The van der Waals surface area contributed by atoms with Gasteiger partial charge in [0.15, 0.2) is 11.5 Å². The fourth-order valence-corrected chi connectivity index (χ4v) is 3.46. The van der Waals surface area contributed by atoms with Gasteiger partial charge >= 0.3 is 6.03 Å². The first-order valence-electron chi connectivity index (χ1n) is 7.76. The molecule has 25 heavy (non-hydrogen) atoms. The summed E-state index contributed by atoms with van der Waals surface area (Å²) in [6, 6.07) is 12.4. The van der Waals surface area contributed by atoms with E-state index in [1.165, 1.54) is 4.90 Å². The Morgan fingerprint density at radius 2 is 1.96 bits per heavy atom. The lowest BCUT2D eigenvalue weighted by Crippen LogP contribution is -2.40. The second kappa shape index (κ2) is 5.77. The molecule has 2 aromatic rings. The molecule has 2 aliphatic heterocycles. The zero-order chi connectivity index (χ0) is 17.6. The second-order valence-electron chi connectivity index (χ2n) is 6.14. The molecule has 0 saturated carbocycles. The van der Waals surface area contributed by atoms with Crippen molar-refractivity contribution in [3.63, 3.8) is 0 Å². The van der Waals surface area contributed by atoms with E-state index in [0.29, 0.717) is 11.5 Å². The van der Waals surface area contributed by atoms with E-state index in [0.717, 1.165) is 15.6 Å². The maximum atomic E-state index is 13.0. The number of rotatable bonds is 3. The Kier molecular flexibility index (Phi) is 3.68. The van der Waals surface area contributed by atoms with Crippen LogP contribution in [-0.2, 0) is 16.9 Å². The third-order valence-corrected chi connectivity index (χ3v) is 4.95. The Hall–Kier alpha value is -2.54. The number of urea groups is 1. The van der Waals surface area contributed by atoms with E-state index in [1.807, 2.05) is 30.3 Å². The average molecular weight is 403 g/mol. The average Bonchev–Trinajstić information content (AvgIpc) is 3.13. The summed E-state index contributed by atoms with van der Waals surface area (Å²) in [6.07, 6.45) is 0. The lowest BCUT2D eigenvalue weighted by molar-refractivity contribution is -0.131. The number of carbonyl (C=O) groups is 2. The summed E-state index contributed by atoms with van der Waals surface area (Å²) in [5.74, 6) is 1.01. The van der Waals surface area contributed by atoms with Crippen LogP contribution in [-0.4, -0.2) is 23.6 Å². The Morgan fingerprint density at radius 3 is 2.76 bits per heavy atom. The van der Waals surface area contributed by atoms with Gasteiger partial charge in [-0.15, -0.1) is 0 Å². The standard InChI is InChI=1S/C18H15BrN2O4/c1-18(12-3-2-4-13(19)8-12)16(22)21(17(23)20-18)9-11-5-6-14-15(7-11)25-10-24-14/h2-8H,9-10H2,1H3,(H,20,23)/t18-/m0/s1. The Morgan fingerprint density at radius 1 is 1.16 bits per heavy atom. The molecule has 0 bridgehead atoms. The Labute approximate surface area is 152 Å². The summed E-state index contributed by atoms with van der Waals surface area (Å²) in [7, 11) is 0. The van der Waals surface area contributed by atoms with Crippen LogP contribution in [0.15, 0.2) is 46.9 Å². The van der Waals surface area contributed by atoms with Crippen LogP contribution in [0.25, 0.3) is 0 Å². The molecule has 0 unspecified atom stereocenters. The first-order valence-corrected chi connectivity index (χ1v) is 8.55. The van der Waals surface area contributed by atoms with Gasteiger partial charge in [0, 0.05) is 4.47 Å². The van der Waals surface area contributed by atoms with Crippen LogP contribution in [0.3, 0.4) is 0 Å². The number of hydrogen-bond donors (Lipinski definition) is 1. The highest BCUT2D eigenvalue weighted by molar-refractivity contribution is 9.10. The molecule has 1 atom stereocenters. The van der Waals surface area contributed by atoms with E-state index < -0.39 is 11.6 Å². The highest BCUT2D eigenvalue weighted by atomic mass is 79.9. The molecule has 128 valence electrons. The second-order valence-corrected chi connectivity index (χ2v) is 7.06. The molecule has 7 heteroatoms. The van der Waals surface area contributed by atoms with Crippen molar-refractivity contribution in [2.45, 2.75) is 19.0 Å². The predicted molar refractivity (Wildman–Crippen MR) is 93.1 cm³/mol. The van der Waals surface area contributed by atoms with Crippen LogP contribution in [0.5, 0.6) is 11.5 Å². The van der Waals surface area contributed by atoms with E-state index >= 15 is 0 Å². The number of benzene rings is 2. The molecule has 1 N–H and O–H groups in total. The maximum absolute atomic E-state index is 13.0. The first kappa shape index (κ1) is 16.0. The molecule has 4 rings (SSSR count). The van der Waals surface area contributed by atoms with Gasteiger partial charge in [0.1, 0.15) is 5.54 Å². The van der Waals surface area contributed by atoms with Crippen molar-refractivity contribution in [2.75, 3.05) is 6.79 Å². The number of imide groups is 1. The largest absolute Gasteiger partial charge is 0.454 e. The number of nitrogens with zero attached hydrogens (tertiary/aromatic N) is 1. The molecule has 6 nitrogen and oxygen atoms in total. The summed E-state index contributed by atoms with van der Waals surface area (Å²) in [5.41, 5.74) is 0.441. The van der Waals surface area contributed by atoms with Crippen LogP contribution in [0.2, 0.25) is 0 Å². The van der Waals surface area contributed by atoms with Gasteiger partial charge in [-0.1, -0.05) is 34.1 Å². The molecule has 0 spiro atoms. The lowest BCUT2D eigenvalue weighted by atomic mass is 9.92. The topological polar surface area (TPSA) is 67.9 Å². The van der Waals surface area contributed by atoms with Gasteiger partial charge in [-0.3, -0.25) is 9.69 Å². The molecule has 3 amide bonds. The Balaban J connectivity index is 1.61. The summed E-state index contributed by atoms with van der Waals surface area (Å²) in [5, 5.41) is 2.81. The summed E-state index contributed by atoms with van der Waals surface area (Å²) in [4.78, 5) is 26.6. The molecule has 2 heterocycles. The maximum Gasteiger partial charge on any atom is 0.325 e. The normalized spacial score (nSPS) is 21.6. The first-order chi connectivity index (χ1) is 12.0. The van der Waals surface area contributed by atoms with Gasteiger partial charge in [-0.25, -0.2) is 4.79 Å². The van der Waals surface area contributed by atoms with Crippen LogP contribution in [0.4, 0.5) is 4.79 Å². The smallest absolute Gasteiger partial charge is 0.325 e. The summed E-state index contributed by atoms with van der Waals surface area (Å²) >= 11 is 3.40. The number of halogens is 1. The number of fused-ring (bicyclic) bond motifs is 1. The van der Waals surface area contributed by atoms with Crippen LogP contribution in [0.1, 0.15) is 18.1 Å². The van der Waals surface area contributed by atoms with E-state index in [1.54, 1.807) is 19.1 Å². The molecular formula is C18H15BrN2O4.